The number of rotatable bonds is 1. The lowest BCUT2D eigenvalue weighted by Gasteiger charge is -2.01. The van der Waals surface area contributed by atoms with Crippen molar-refractivity contribution in [2.75, 3.05) is 0 Å². The topological polar surface area (TPSA) is 56.4 Å². The van der Waals surface area contributed by atoms with E-state index in [1.165, 1.54) is 0 Å². The average Bonchev–Trinajstić information content (AvgIpc) is 2.13. The minimum Gasteiger partial charge on any atom is -0.410 e. The van der Waals surface area contributed by atoms with Crippen LogP contribution >= 0.6 is 0 Å². The van der Waals surface area contributed by atoms with E-state index < -0.39 is 0 Å². The molecule has 0 saturated heterocycles. The fourth-order valence-corrected chi connectivity index (χ4v) is 1.03. The number of benzene rings is 1. The maximum absolute atomic E-state index is 8.60. The molecule has 0 atom stereocenters. The second-order valence-electron chi connectivity index (χ2n) is 2.86. The summed E-state index contributed by atoms with van der Waals surface area (Å²) in [6.07, 6.45) is 0. The van der Waals surface area contributed by atoms with E-state index in [-0.39, 0.29) is 5.71 Å². The number of nitrogens with zero attached hydrogens (tertiary/aromatic N) is 2. The van der Waals surface area contributed by atoms with Crippen molar-refractivity contribution in [2.24, 2.45) is 5.16 Å². The number of hydrogen-bond donors (Lipinski definition) is 1. The molecule has 0 spiro atoms. The van der Waals surface area contributed by atoms with Crippen LogP contribution in [0.3, 0.4) is 0 Å². The molecule has 1 rings (SSSR count). The fourth-order valence-electron chi connectivity index (χ4n) is 1.03. The summed E-state index contributed by atoms with van der Waals surface area (Å²) >= 11 is 0. The molecule has 0 amide bonds. The van der Waals surface area contributed by atoms with Crippen molar-refractivity contribution >= 4 is 5.71 Å². The second-order valence-corrected chi connectivity index (χ2v) is 2.86. The summed E-state index contributed by atoms with van der Waals surface area (Å²) in [5.41, 5.74) is 2.92. The third kappa shape index (κ3) is 1.85. The first-order valence-corrected chi connectivity index (χ1v) is 3.89. The molecule has 0 aliphatic heterocycles. The second kappa shape index (κ2) is 3.72. The van der Waals surface area contributed by atoms with Crippen LogP contribution in [0.2, 0.25) is 0 Å². The van der Waals surface area contributed by atoms with Crippen molar-refractivity contribution in [3.8, 4) is 6.07 Å². The van der Waals surface area contributed by atoms with Gasteiger partial charge in [0.15, 0.2) is 5.71 Å². The molecule has 0 saturated carbocycles. The third-order valence-corrected chi connectivity index (χ3v) is 1.99. The maximum Gasteiger partial charge on any atom is 0.186 e. The lowest BCUT2D eigenvalue weighted by Crippen LogP contribution is -1.97. The molecule has 1 aromatic rings. The average molecular weight is 174 g/mol. The zero-order chi connectivity index (χ0) is 9.84. The molecule has 0 aromatic heterocycles. The van der Waals surface area contributed by atoms with E-state index in [9.17, 15) is 0 Å². The van der Waals surface area contributed by atoms with Crippen LogP contribution in [-0.4, -0.2) is 10.9 Å². The Bertz CT molecular complexity index is 388. The van der Waals surface area contributed by atoms with Crippen LogP contribution in [0.5, 0.6) is 0 Å². The number of aryl methyl sites for hydroxylation is 2. The van der Waals surface area contributed by atoms with Gasteiger partial charge in [-0.3, -0.25) is 0 Å². The van der Waals surface area contributed by atoms with Gasteiger partial charge in [-0.2, -0.15) is 5.26 Å². The summed E-state index contributed by atoms with van der Waals surface area (Å²) in [5, 5.41) is 20.0. The van der Waals surface area contributed by atoms with Crippen molar-refractivity contribution in [3.63, 3.8) is 0 Å². The van der Waals surface area contributed by atoms with Crippen molar-refractivity contribution in [2.45, 2.75) is 13.8 Å². The summed E-state index contributed by atoms with van der Waals surface area (Å²) in [6.45, 7) is 3.94. The Hall–Kier alpha value is -1.82. The van der Waals surface area contributed by atoms with Crippen molar-refractivity contribution < 1.29 is 5.21 Å². The highest BCUT2D eigenvalue weighted by molar-refractivity contribution is 6.11. The molecule has 3 heteroatoms. The molecule has 1 aromatic carbocycles. The monoisotopic (exact) mass is 174 g/mol. The molecular formula is C10H10N2O. The third-order valence-electron chi connectivity index (χ3n) is 1.99. The zero-order valence-electron chi connectivity index (χ0n) is 7.57. The van der Waals surface area contributed by atoms with Gasteiger partial charge in [-0.1, -0.05) is 17.3 Å². The van der Waals surface area contributed by atoms with Crippen LogP contribution in [0, 0.1) is 25.2 Å². The summed E-state index contributed by atoms with van der Waals surface area (Å²) in [5.74, 6) is 0. The largest absolute Gasteiger partial charge is 0.410 e. The van der Waals surface area contributed by atoms with Gasteiger partial charge >= 0.3 is 0 Å². The lowest BCUT2D eigenvalue weighted by atomic mass is 10.0. The van der Waals surface area contributed by atoms with Gasteiger partial charge in [0.1, 0.15) is 6.07 Å². The number of oxime groups is 1. The van der Waals surface area contributed by atoms with Crippen molar-refractivity contribution in [1.82, 2.24) is 0 Å². The van der Waals surface area contributed by atoms with Crippen LogP contribution in [0.15, 0.2) is 23.4 Å². The SMILES string of the molecule is Cc1ccc(C(C#N)=NO)cc1C. The van der Waals surface area contributed by atoms with Gasteiger partial charge in [0.2, 0.25) is 0 Å². The normalized spacial score (nSPS) is 11.0. The van der Waals surface area contributed by atoms with E-state index in [4.69, 9.17) is 10.5 Å². The van der Waals surface area contributed by atoms with E-state index >= 15 is 0 Å². The predicted octanol–water partition coefficient (Wildman–Crippen LogP) is 2.01. The Morgan fingerprint density at radius 2 is 2.08 bits per heavy atom. The fraction of sp³-hybridized carbons (Fsp3) is 0.200. The molecule has 0 radical (unpaired) electrons. The van der Waals surface area contributed by atoms with Crippen LogP contribution in [0.25, 0.3) is 0 Å². The quantitative estimate of drug-likeness (QED) is 0.402. The lowest BCUT2D eigenvalue weighted by molar-refractivity contribution is 0.320. The van der Waals surface area contributed by atoms with Crippen molar-refractivity contribution in [3.05, 3.63) is 34.9 Å². The van der Waals surface area contributed by atoms with E-state index in [0.29, 0.717) is 5.56 Å². The highest BCUT2D eigenvalue weighted by Gasteiger charge is 2.03. The smallest absolute Gasteiger partial charge is 0.186 e. The molecular weight excluding hydrogens is 164 g/mol. The van der Waals surface area contributed by atoms with Gasteiger partial charge in [-0.25, -0.2) is 0 Å². The van der Waals surface area contributed by atoms with Crippen LogP contribution in [0.1, 0.15) is 16.7 Å². The minimum absolute atomic E-state index is 0.0445. The first-order chi connectivity index (χ1) is 6.19. The van der Waals surface area contributed by atoms with Gasteiger partial charge in [0.05, 0.1) is 0 Å². The Balaban J connectivity index is 3.20. The highest BCUT2D eigenvalue weighted by Crippen LogP contribution is 2.10. The summed E-state index contributed by atoms with van der Waals surface area (Å²) in [7, 11) is 0. The van der Waals surface area contributed by atoms with E-state index in [2.05, 4.69) is 5.16 Å². The Morgan fingerprint density at radius 1 is 1.38 bits per heavy atom. The Labute approximate surface area is 76.9 Å². The molecule has 0 fully saturated rings. The molecule has 1 N–H and O–H groups in total. The summed E-state index contributed by atoms with van der Waals surface area (Å²) < 4.78 is 0. The van der Waals surface area contributed by atoms with Crippen LogP contribution < -0.4 is 0 Å². The van der Waals surface area contributed by atoms with Crippen LogP contribution in [-0.2, 0) is 0 Å². The van der Waals surface area contributed by atoms with E-state index in [1.807, 2.05) is 32.0 Å². The van der Waals surface area contributed by atoms with Gasteiger partial charge in [-0.15, -0.1) is 0 Å². The molecule has 0 bridgehead atoms. The van der Waals surface area contributed by atoms with Gasteiger partial charge in [0.25, 0.3) is 0 Å². The molecule has 3 nitrogen and oxygen atoms in total. The minimum atomic E-state index is 0.0445. The summed E-state index contributed by atoms with van der Waals surface area (Å²) in [4.78, 5) is 0. The van der Waals surface area contributed by atoms with Gasteiger partial charge < -0.3 is 5.21 Å². The molecule has 13 heavy (non-hydrogen) atoms. The van der Waals surface area contributed by atoms with Gasteiger partial charge in [-0.05, 0) is 31.0 Å². The summed E-state index contributed by atoms with van der Waals surface area (Å²) in [6, 6.07) is 7.30. The van der Waals surface area contributed by atoms with Gasteiger partial charge in [0, 0.05) is 5.56 Å². The standard InChI is InChI=1S/C10H10N2O/c1-7-3-4-9(5-8(7)2)10(6-11)12-13/h3-5,13H,1-2H3. The highest BCUT2D eigenvalue weighted by atomic mass is 16.4. The Kier molecular flexibility index (Phi) is 2.65. The number of hydrogen-bond acceptors (Lipinski definition) is 3. The molecule has 0 aliphatic carbocycles. The molecule has 0 aliphatic rings. The molecule has 0 unspecified atom stereocenters. The number of nitriles is 1. The molecule has 66 valence electrons. The van der Waals surface area contributed by atoms with Crippen molar-refractivity contribution in [1.29, 1.82) is 5.26 Å². The maximum atomic E-state index is 8.60. The van der Waals surface area contributed by atoms with E-state index in [0.717, 1.165) is 11.1 Å². The van der Waals surface area contributed by atoms with Crippen LogP contribution in [0.4, 0.5) is 0 Å². The molecule has 0 heterocycles. The first-order valence-electron chi connectivity index (χ1n) is 3.89. The predicted molar refractivity (Wildman–Crippen MR) is 49.9 cm³/mol. The van der Waals surface area contributed by atoms with E-state index in [1.54, 1.807) is 6.07 Å². The Morgan fingerprint density at radius 3 is 2.54 bits per heavy atom. The zero-order valence-corrected chi connectivity index (χ0v) is 7.57. The first kappa shape index (κ1) is 9.27.